The Morgan fingerprint density at radius 1 is 1.00 bits per heavy atom. The van der Waals surface area contributed by atoms with Crippen LogP contribution in [0.2, 0.25) is 0 Å². The molecule has 0 atom stereocenters. The molecule has 2 aromatic rings. The molecule has 0 fully saturated rings. The Hall–Kier alpha value is -2.22. The zero-order chi connectivity index (χ0) is 12.7. The average molecular weight is 236 g/mol. The Bertz CT molecular complexity index is 708. The first kappa shape index (κ1) is 10.9. The number of hydrogen-bond acceptors (Lipinski definition) is 2. The van der Waals surface area contributed by atoms with E-state index in [0.717, 1.165) is 16.3 Å². The van der Waals surface area contributed by atoms with Gasteiger partial charge in [0.2, 0.25) is 0 Å². The minimum Gasteiger partial charge on any atom is -0.294 e. The van der Waals surface area contributed by atoms with Crippen LogP contribution < -0.4 is 0 Å². The van der Waals surface area contributed by atoms with Gasteiger partial charge in [0, 0.05) is 22.9 Å². The molecule has 0 radical (unpaired) electrons. The van der Waals surface area contributed by atoms with Crippen molar-refractivity contribution in [1.29, 1.82) is 0 Å². The van der Waals surface area contributed by atoms with E-state index in [9.17, 15) is 9.59 Å². The first-order valence-corrected chi connectivity index (χ1v) is 5.95. The maximum atomic E-state index is 12.1. The molecule has 1 aliphatic rings. The van der Waals surface area contributed by atoms with Crippen molar-refractivity contribution in [3.63, 3.8) is 0 Å². The third kappa shape index (κ3) is 1.50. The number of allylic oxidation sites excluding steroid dienone is 2. The Morgan fingerprint density at radius 2 is 1.83 bits per heavy atom. The molecule has 0 saturated carbocycles. The van der Waals surface area contributed by atoms with Crippen LogP contribution in [0.4, 0.5) is 0 Å². The van der Waals surface area contributed by atoms with Crippen LogP contribution >= 0.6 is 0 Å². The van der Waals surface area contributed by atoms with E-state index in [1.165, 1.54) is 6.08 Å². The number of ketones is 2. The van der Waals surface area contributed by atoms with Crippen molar-refractivity contribution in [3.8, 4) is 0 Å². The monoisotopic (exact) mass is 236 g/mol. The highest BCUT2D eigenvalue weighted by Gasteiger charge is 2.18. The molecule has 2 nitrogen and oxygen atoms in total. The second kappa shape index (κ2) is 3.91. The Kier molecular flexibility index (Phi) is 2.37. The summed E-state index contributed by atoms with van der Waals surface area (Å²) in [7, 11) is 0. The summed E-state index contributed by atoms with van der Waals surface area (Å²) in [5.41, 5.74) is 2.36. The zero-order valence-corrected chi connectivity index (χ0v) is 10.1. The van der Waals surface area contributed by atoms with E-state index in [4.69, 9.17) is 0 Å². The molecule has 0 heterocycles. The van der Waals surface area contributed by atoms with E-state index >= 15 is 0 Å². The number of rotatable bonds is 0. The molecule has 3 rings (SSSR count). The lowest BCUT2D eigenvalue weighted by molar-refractivity contribution is 0.0997. The number of benzene rings is 2. The molecule has 0 saturated heterocycles. The van der Waals surface area contributed by atoms with Gasteiger partial charge in [-0.15, -0.1) is 0 Å². The normalized spacial score (nSPS) is 14.7. The van der Waals surface area contributed by atoms with Gasteiger partial charge in [-0.05, 0) is 23.9 Å². The number of Topliss-reactive ketones (excluding diaryl/α,β-unsaturated/α-hetero) is 1. The molecule has 2 aromatic carbocycles. The van der Waals surface area contributed by atoms with Crippen LogP contribution in [0.25, 0.3) is 10.8 Å². The Morgan fingerprint density at radius 3 is 2.67 bits per heavy atom. The minimum absolute atomic E-state index is 0.0278. The number of hydrogen-bond donors (Lipinski definition) is 0. The largest absolute Gasteiger partial charge is 0.294 e. The summed E-state index contributed by atoms with van der Waals surface area (Å²) in [5, 5.41) is 1.79. The Labute approximate surface area is 105 Å². The van der Waals surface area contributed by atoms with Crippen LogP contribution in [-0.4, -0.2) is 11.6 Å². The number of carbonyl (C=O) groups is 2. The number of aryl methyl sites for hydroxylation is 1. The predicted octanol–water partition coefficient (Wildman–Crippen LogP) is 3.47. The quantitative estimate of drug-likeness (QED) is 0.701. The minimum atomic E-state index is -0.0278. The van der Waals surface area contributed by atoms with Gasteiger partial charge in [0.25, 0.3) is 0 Å². The summed E-state index contributed by atoms with van der Waals surface area (Å²) < 4.78 is 0. The van der Waals surface area contributed by atoms with Gasteiger partial charge < -0.3 is 0 Å². The van der Waals surface area contributed by atoms with Crippen LogP contribution in [0.15, 0.2) is 42.5 Å². The predicted molar refractivity (Wildman–Crippen MR) is 71.1 cm³/mol. The summed E-state index contributed by atoms with van der Waals surface area (Å²) in [6.07, 6.45) is 3.43. The van der Waals surface area contributed by atoms with E-state index < -0.39 is 0 Å². The fraction of sp³-hybridized carbons (Fsp3) is 0.125. The van der Waals surface area contributed by atoms with Gasteiger partial charge in [-0.2, -0.15) is 0 Å². The van der Waals surface area contributed by atoms with Crippen molar-refractivity contribution < 1.29 is 9.59 Å². The second-order valence-corrected chi connectivity index (χ2v) is 4.55. The van der Waals surface area contributed by atoms with Crippen molar-refractivity contribution in [2.45, 2.75) is 13.3 Å². The van der Waals surface area contributed by atoms with Gasteiger partial charge in [-0.1, -0.05) is 36.4 Å². The molecule has 0 unspecified atom stereocenters. The topological polar surface area (TPSA) is 34.1 Å². The van der Waals surface area contributed by atoms with Gasteiger partial charge in [-0.3, -0.25) is 9.59 Å². The summed E-state index contributed by atoms with van der Waals surface area (Å²) in [6, 6.07) is 9.39. The van der Waals surface area contributed by atoms with E-state index in [1.807, 2.05) is 31.2 Å². The van der Waals surface area contributed by atoms with Gasteiger partial charge in [0.1, 0.15) is 0 Å². The van der Waals surface area contributed by atoms with Crippen LogP contribution in [0.3, 0.4) is 0 Å². The molecular formula is C16H12O2. The third-order valence-corrected chi connectivity index (χ3v) is 3.40. The fourth-order valence-corrected chi connectivity index (χ4v) is 2.46. The van der Waals surface area contributed by atoms with Crippen LogP contribution in [0.5, 0.6) is 0 Å². The molecule has 0 aromatic heterocycles. The molecule has 0 N–H and O–H groups in total. The second-order valence-electron chi connectivity index (χ2n) is 4.55. The highest BCUT2D eigenvalue weighted by Crippen LogP contribution is 2.28. The highest BCUT2D eigenvalue weighted by atomic mass is 16.1. The Balaban J connectivity index is 2.52. The van der Waals surface area contributed by atoms with Crippen molar-refractivity contribution in [1.82, 2.24) is 0 Å². The van der Waals surface area contributed by atoms with Crippen molar-refractivity contribution in [3.05, 3.63) is 59.2 Å². The summed E-state index contributed by atoms with van der Waals surface area (Å²) in [5.74, 6) is 0.0381. The van der Waals surface area contributed by atoms with Gasteiger partial charge in [0.15, 0.2) is 11.6 Å². The third-order valence-electron chi connectivity index (χ3n) is 3.40. The first-order chi connectivity index (χ1) is 8.68. The van der Waals surface area contributed by atoms with E-state index in [2.05, 4.69) is 0 Å². The zero-order valence-electron chi connectivity index (χ0n) is 10.1. The molecule has 1 aliphatic carbocycles. The standard InChI is InChI=1S/C16H12O2/c1-10-8-9-13-15(18)7-3-6-14(17)12-5-2-4-11(10)16(12)13/h2-6,8-9H,7H2,1H3. The SMILES string of the molecule is Cc1ccc2c3c(cccc13)C(=O)C=CCC2=O. The van der Waals surface area contributed by atoms with Crippen LogP contribution in [-0.2, 0) is 0 Å². The summed E-state index contributed by atoms with van der Waals surface area (Å²) >= 11 is 0. The molecule has 2 heteroatoms. The van der Waals surface area contributed by atoms with Crippen molar-refractivity contribution in [2.75, 3.05) is 0 Å². The molecule has 0 bridgehead atoms. The highest BCUT2D eigenvalue weighted by molar-refractivity contribution is 6.21. The van der Waals surface area contributed by atoms with Crippen LogP contribution in [0, 0.1) is 6.92 Å². The maximum Gasteiger partial charge on any atom is 0.186 e. The van der Waals surface area contributed by atoms with E-state index in [0.29, 0.717) is 11.1 Å². The lowest BCUT2D eigenvalue weighted by atomic mass is 9.90. The maximum absolute atomic E-state index is 12.1. The molecule has 0 aliphatic heterocycles. The van der Waals surface area contributed by atoms with Crippen molar-refractivity contribution in [2.24, 2.45) is 0 Å². The smallest absolute Gasteiger partial charge is 0.186 e. The van der Waals surface area contributed by atoms with Crippen LogP contribution in [0.1, 0.15) is 32.7 Å². The molecular weight excluding hydrogens is 224 g/mol. The molecule has 0 spiro atoms. The van der Waals surface area contributed by atoms with E-state index in [-0.39, 0.29) is 18.0 Å². The molecule has 18 heavy (non-hydrogen) atoms. The lowest BCUT2D eigenvalue weighted by Crippen LogP contribution is -2.07. The van der Waals surface area contributed by atoms with Gasteiger partial charge >= 0.3 is 0 Å². The number of carbonyl (C=O) groups excluding carboxylic acids is 2. The van der Waals surface area contributed by atoms with E-state index in [1.54, 1.807) is 12.1 Å². The van der Waals surface area contributed by atoms with Gasteiger partial charge in [-0.25, -0.2) is 0 Å². The first-order valence-electron chi connectivity index (χ1n) is 5.95. The average Bonchev–Trinajstić information content (AvgIpc) is 2.37. The lowest BCUT2D eigenvalue weighted by Gasteiger charge is -2.12. The fourth-order valence-electron chi connectivity index (χ4n) is 2.46. The molecule has 88 valence electrons. The van der Waals surface area contributed by atoms with Crippen molar-refractivity contribution >= 4 is 22.3 Å². The summed E-state index contributed by atoms with van der Waals surface area (Å²) in [6.45, 7) is 1.99. The van der Waals surface area contributed by atoms with Gasteiger partial charge in [0.05, 0.1) is 0 Å². The molecule has 0 amide bonds. The summed E-state index contributed by atoms with van der Waals surface area (Å²) in [4.78, 5) is 24.2.